The van der Waals surface area contributed by atoms with Crippen LogP contribution in [0.25, 0.3) is 0 Å². The number of hydrogen-bond donors (Lipinski definition) is 0. The van der Waals surface area contributed by atoms with Crippen LogP contribution in [0, 0.1) is 11.3 Å². The van der Waals surface area contributed by atoms with Crippen molar-refractivity contribution in [3.8, 4) is 0 Å². The van der Waals surface area contributed by atoms with Crippen molar-refractivity contribution >= 4 is 21.8 Å². The second-order valence-corrected chi connectivity index (χ2v) is 8.66. The molecule has 0 N–H and O–H groups in total. The van der Waals surface area contributed by atoms with E-state index in [0.29, 0.717) is 12.5 Å². The van der Waals surface area contributed by atoms with Gasteiger partial charge in [0, 0.05) is 10.9 Å². The molecule has 2 aliphatic rings. The third kappa shape index (κ3) is 2.85. The molecule has 1 amide bonds. The van der Waals surface area contributed by atoms with E-state index in [-0.39, 0.29) is 17.4 Å². The SMILES string of the molecule is CC(C)[C@H]1CO[C@]2(C)C[C@@](C)(CCc3ccccc3Br)C(=O)N12. The maximum Gasteiger partial charge on any atom is 0.231 e. The van der Waals surface area contributed by atoms with Crippen LogP contribution < -0.4 is 0 Å². The van der Waals surface area contributed by atoms with E-state index in [1.807, 2.05) is 11.0 Å². The Labute approximate surface area is 147 Å². The number of rotatable bonds is 4. The standard InChI is InChI=1S/C19H26BrNO2/c1-13(2)16-11-23-19(4)12-18(3,17(22)21(16)19)10-9-14-7-5-6-8-15(14)20/h5-8,13,16H,9-12H2,1-4H3/t16-,18-,19-/m1/s1. The Balaban J connectivity index is 1.78. The van der Waals surface area contributed by atoms with E-state index in [1.54, 1.807) is 0 Å². The topological polar surface area (TPSA) is 29.5 Å². The molecule has 3 atom stereocenters. The molecule has 1 aromatic carbocycles. The molecule has 0 spiro atoms. The molecule has 3 rings (SSSR count). The Morgan fingerprint density at radius 1 is 1.35 bits per heavy atom. The number of benzene rings is 1. The first-order chi connectivity index (χ1) is 10.8. The summed E-state index contributed by atoms with van der Waals surface area (Å²) in [7, 11) is 0. The van der Waals surface area contributed by atoms with Crippen LogP contribution in [0.3, 0.4) is 0 Å². The van der Waals surface area contributed by atoms with E-state index >= 15 is 0 Å². The van der Waals surface area contributed by atoms with Gasteiger partial charge in [0.1, 0.15) is 5.72 Å². The fourth-order valence-corrected chi connectivity index (χ4v) is 4.63. The molecule has 2 fully saturated rings. The van der Waals surface area contributed by atoms with E-state index in [4.69, 9.17) is 4.74 Å². The van der Waals surface area contributed by atoms with Gasteiger partial charge >= 0.3 is 0 Å². The van der Waals surface area contributed by atoms with E-state index < -0.39 is 5.72 Å². The summed E-state index contributed by atoms with van der Waals surface area (Å²) < 4.78 is 7.20. The molecule has 126 valence electrons. The Morgan fingerprint density at radius 2 is 2.04 bits per heavy atom. The van der Waals surface area contributed by atoms with Crippen LogP contribution in [-0.4, -0.2) is 29.2 Å². The number of carbonyl (C=O) groups is 1. The van der Waals surface area contributed by atoms with Gasteiger partial charge in [0.25, 0.3) is 0 Å². The molecular weight excluding hydrogens is 354 g/mol. The van der Waals surface area contributed by atoms with Gasteiger partial charge < -0.3 is 9.64 Å². The van der Waals surface area contributed by atoms with Crippen molar-refractivity contribution < 1.29 is 9.53 Å². The Bertz CT molecular complexity index is 617. The molecule has 3 nitrogen and oxygen atoms in total. The lowest BCUT2D eigenvalue weighted by molar-refractivity contribution is -0.142. The predicted molar refractivity (Wildman–Crippen MR) is 95.0 cm³/mol. The zero-order valence-corrected chi connectivity index (χ0v) is 16.0. The molecule has 0 bridgehead atoms. The van der Waals surface area contributed by atoms with Crippen LogP contribution in [0.5, 0.6) is 0 Å². The highest BCUT2D eigenvalue weighted by Crippen LogP contribution is 2.50. The minimum atomic E-state index is -0.422. The summed E-state index contributed by atoms with van der Waals surface area (Å²) in [5, 5.41) is 0. The molecule has 0 radical (unpaired) electrons. The van der Waals surface area contributed by atoms with Crippen LogP contribution in [0.2, 0.25) is 0 Å². The molecule has 0 unspecified atom stereocenters. The Kier molecular flexibility index (Phi) is 4.35. The van der Waals surface area contributed by atoms with Gasteiger partial charge in [0.05, 0.1) is 18.1 Å². The highest BCUT2D eigenvalue weighted by Gasteiger charge is 2.60. The fourth-order valence-electron chi connectivity index (χ4n) is 4.15. The highest BCUT2D eigenvalue weighted by atomic mass is 79.9. The minimum Gasteiger partial charge on any atom is -0.354 e. The van der Waals surface area contributed by atoms with Crippen LogP contribution in [0.4, 0.5) is 0 Å². The van der Waals surface area contributed by atoms with Crippen molar-refractivity contribution in [1.82, 2.24) is 4.90 Å². The summed E-state index contributed by atoms with van der Waals surface area (Å²) in [6.45, 7) is 9.20. The van der Waals surface area contributed by atoms with Gasteiger partial charge in [0.15, 0.2) is 0 Å². The fraction of sp³-hybridized carbons (Fsp3) is 0.632. The first kappa shape index (κ1) is 17.0. The largest absolute Gasteiger partial charge is 0.354 e. The highest BCUT2D eigenvalue weighted by molar-refractivity contribution is 9.10. The van der Waals surface area contributed by atoms with E-state index in [1.165, 1.54) is 5.56 Å². The Morgan fingerprint density at radius 3 is 2.70 bits per heavy atom. The monoisotopic (exact) mass is 379 g/mol. The average Bonchev–Trinajstić information content (AvgIpc) is 2.91. The van der Waals surface area contributed by atoms with Crippen molar-refractivity contribution in [3.63, 3.8) is 0 Å². The number of nitrogens with zero attached hydrogens (tertiary/aromatic N) is 1. The second kappa shape index (κ2) is 5.89. The zero-order valence-electron chi connectivity index (χ0n) is 14.4. The predicted octanol–water partition coefficient (Wildman–Crippen LogP) is 4.39. The molecule has 0 aliphatic carbocycles. The molecule has 2 saturated heterocycles. The number of halogens is 1. The lowest BCUT2D eigenvalue weighted by Crippen LogP contribution is -2.46. The zero-order chi connectivity index (χ0) is 16.8. The van der Waals surface area contributed by atoms with Crippen LogP contribution in [-0.2, 0) is 16.0 Å². The summed E-state index contributed by atoms with van der Waals surface area (Å²) in [5.41, 5.74) is 0.506. The summed E-state index contributed by atoms with van der Waals surface area (Å²) >= 11 is 3.61. The van der Waals surface area contributed by atoms with Crippen molar-refractivity contribution in [2.75, 3.05) is 6.61 Å². The molecular formula is C19H26BrNO2. The van der Waals surface area contributed by atoms with Gasteiger partial charge in [0.2, 0.25) is 5.91 Å². The van der Waals surface area contributed by atoms with Gasteiger partial charge in [-0.2, -0.15) is 0 Å². The normalized spacial score (nSPS) is 33.6. The van der Waals surface area contributed by atoms with Crippen molar-refractivity contribution in [2.24, 2.45) is 11.3 Å². The smallest absolute Gasteiger partial charge is 0.231 e. The number of aryl methyl sites for hydroxylation is 1. The number of amides is 1. The molecule has 23 heavy (non-hydrogen) atoms. The number of hydrogen-bond acceptors (Lipinski definition) is 2. The first-order valence-electron chi connectivity index (χ1n) is 8.48. The maximum atomic E-state index is 13.2. The summed E-state index contributed by atoms with van der Waals surface area (Å²) in [6.07, 6.45) is 2.54. The third-order valence-corrected chi connectivity index (χ3v) is 6.31. The minimum absolute atomic E-state index is 0.206. The van der Waals surface area contributed by atoms with E-state index in [9.17, 15) is 4.79 Å². The lowest BCUT2D eigenvalue weighted by atomic mass is 9.80. The lowest BCUT2D eigenvalue weighted by Gasteiger charge is -2.31. The number of ether oxygens (including phenoxy) is 1. The van der Waals surface area contributed by atoms with Gasteiger partial charge in [-0.15, -0.1) is 0 Å². The average molecular weight is 380 g/mol. The summed E-state index contributed by atoms with van der Waals surface area (Å²) in [6, 6.07) is 8.47. The van der Waals surface area contributed by atoms with Gasteiger partial charge in [-0.1, -0.05) is 54.9 Å². The molecule has 0 saturated carbocycles. The van der Waals surface area contributed by atoms with Crippen molar-refractivity contribution in [3.05, 3.63) is 34.3 Å². The molecule has 1 aromatic rings. The van der Waals surface area contributed by atoms with E-state index in [2.05, 4.69) is 61.8 Å². The van der Waals surface area contributed by atoms with Crippen molar-refractivity contribution in [1.29, 1.82) is 0 Å². The molecule has 2 heterocycles. The number of carbonyl (C=O) groups excluding carboxylic acids is 1. The first-order valence-corrected chi connectivity index (χ1v) is 9.27. The molecule has 0 aromatic heterocycles. The Hall–Kier alpha value is -0.870. The van der Waals surface area contributed by atoms with E-state index in [0.717, 1.165) is 23.7 Å². The third-order valence-electron chi connectivity index (χ3n) is 5.53. The van der Waals surface area contributed by atoms with Gasteiger partial charge in [-0.3, -0.25) is 4.79 Å². The summed E-state index contributed by atoms with van der Waals surface area (Å²) in [5.74, 6) is 0.689. The number of fused-ring (bicyclic) bond motifs is 1. The van der Waals surface area contributed by atoms with Crippen molar-refractivity contribution in [2.45, 2.75) is 58.7 Å². The van der Waals surface area contributed by atoms with Crippen LogP contribution in [0.15, 0.2) is 28.7 Å². The van der Waals surface area contributed by atoms with Crippen LogP contribution in [0.1, 0.15) is 46.1 Å². The molecule has 4 heteroatoms. The van der Waals surface area contributed by atoms with Crippen LogP contribution >= 0.6 is 15.9 Å². The molecule has 2 aliphatic heterocycles. The summed E-state index contributed by atoms with van der Waals surface area (Å²) in [4.78, 5) is 15.2. The second-order valence-electron chi connectivity index (χ2n) is 7.80. The van der Waals surface area contributed by atoms with Gasteiger partial charge in [-0.25, -0.2) is 0 Å². The maximum absolute atomic E-state index is 13.2. The quantitative estimate of drug-likeness (QED) is 0.775. The van der Waals surface area contributed by atoms with Gasteiger partial charge in [-0.05, 0) is 37.3 Å².